The van der Waals surface area contributed by atoms with Gasteiger partial charge in [-0.2, -0.15) is 0 Å². The number of hydrogen-bond donors (Lipinski definition) is 2. The van der Waals surface area contributed by atoms with Gasteiger partial charge in [0.25, 0.3) is 0 Å². The summed E-state index contributed by atoms with van der Waals surface area (Å²) in [6.45, 7) is 5.59. The fourth-order valence-corrected chi connectivity index (χ4v) is 2.80. The quantitative estimate of drug-likeness (QED) is 0.863. The monoisotopic (exact) mass is 274 g/mol. The molecule has 108 valence electrons. The SMILES string of the molecule is O=C(Nc1ccc(N2CCCC2)cc1)N1CCNCC1. The Morgan fingerprint density at radius 2 is 1.65 bits per heavy atom. The molecule has 0 saturated carbocycles. The predicted octanol–water partition coefficient (Wildman–Crippen LogP) is 1.72. The highest BCUT2D eigenvalue weighted by Gasteiger charge is 2.16. The highest BCUT2D eigenvalue weighted by molar-refractivity contribution is 5.89. The molecule has 0 spiro atoms. The van der Waals surface area contributed by atoms with Gasteiger partial charge >= 0.3 is 6.03 Å². The molecular weight excluding hydrogens is 252 g/mol. The lowest BCUT2D eigenvalue weighted by atomic mass is 10.2. The van der Waals surface area contributed by atoms with E-state index in [9.17, 15) is 4.79 Å². The largest absolute Gasteiger partial charge is 0.372 e. The van der Waals surface area contributed by atoms with E-state index in [0.29, 0.717) is 0 Å². The van der Waals surface area contributed by atoms with Crippen LogP contribution in [-0.2, 0) is 0 Å². The number of urea groups is 1. The maximum absolute atomic E-state index is 12.1. The summed E-state index contributed by atoms with van der Waals surface area (Å²) >= 11 is 0. The second-order valence-electron chi connectivity index (χ2n) is 5.41. The highest BCUT2D eigenvalue weighted by Crippen LogP contribution is 2.22. The second-order valence-corrected chi connectivity index (χ2v) is 5.41. The lowest BCUT2D eigenvalue weighted by molar-refractivity contribution is 0.204. The van der Waals surface area contributed by atoms with Crippen LogP contribution in [0.2, 0.25) is 0 Å². The Bertz CT molecular complexity index is 447. The van der Waals surface area contributed by atoms with Crippen molar-refractivity contribution in [1.82, 2.24) is 10.2 Å². The molecule has 2 aliphatic heterocycles. The van der Waals surface area contributed by atoms with Gasteiger partial charge in [0.2, 0.25) is 0 Å². The number of rotatable bonds is 2. The van der Waals surface area contributed by atoms with Gasteiger partial charge in [-0.3, -0.25) is 0 Å². The highest BCUT2D eigenvalue weighted by atomic mass is 16.2. The molecule has 2 aliphatic rings. The standard InChI is InChI=1S/C15H22N4O/c20-15(19-11-7-16-8-12-19)17-13-3-5-14(6-4-13)18-9-1-2-10-18/h3-6,16H,1-2,7-12H2,(H,17,20). The van der Waals surface area contributed by atoms with Gasteiger partial charge < -0.3 is 20.4 Å². The maximum atomic E-state index is 12.1. The van der Waals surface area contributed by atoms with Gasteiger partial charge in [0.1, 0.15) is 0 Å². The zero-order valence-electron chi connectivity index (χ0n) is 11.8. The fraction of sp³-hybridized carbons (Fsp3) is 0.533. The van der Waals surface area contributed by atoms with Crippen molar-refractivity contribution in [3.05, 3.63) is 24.3 Å². The van der Waals surface area contributed by atoms with Crippen molar-refractivity contribution in [1.29, 1.82) is 0 Å². The zero-order valence-corrected chi connectivity index (χ0v) is 11.8. The first-order chi connectivity index (χ1) is 9.83. The van der Waals surface area contributed by atoms with Crippen LogP contribution >= 0.6 is 0 Å². The summed E-state index contributed by atoms with van der Waals surface area (Å²) in [7, 11) is 0. The van der Waals surface area contributed by atoms with Crippen LogP contribution in [0.1, 0.15) is 12.8 Å². The third kappa shape index (κ3) is 3.04. The fourth-order valence-electron chi connectivity index (χ4n) is 2.80. The number of carbonyl (C=O) groups is 1. The minimum absolute atomic E-state index is 0.000391. The van der Waals surface area contributed by atoms with Crippen LogP contribution in [0.25, 0.3) is 0 Å². The molecule has 5 nitrogen and oxygen atoms in total. The molecule has 0 atom stereocenters. The second kappa shape index (κ2) is 6.13. The van der Waals surface area contributed by atoms with E-state index in [2.05, 4.69) is 27.7 Å². The summed E-state index contributed by atoms with van der Waals surface area (Å²) in [6.07, 6.45) is 2.56. The van der Waals surface area contributed by atoms with E-state index in [1.165, 1.54) is 18.5 Å². The molecule has 1 aromatic rings. The molecule has 2 fully saturated rings. The van der Waals surface area contributed by atoms with E-state index in [4.69, 9.17) is 0 Å². The minimum atomic E-state index is 0.000391. The van der Waals surface area contributed by atoms with Gasteiger partial charge in [-0.05, 0) is 37.1 Å². The Hall–Kier alpha value is -1.75. The van der Waals surface area contributed by atoms with E-state index in [1.807, 2.05) is 17.0 Å². The lowest BCUT2D eigenvalue weighted by Crippen LogP contribution is -2.48. The van der Waals surface area contributed by atoms with E-state index in [0.717, 1.165) is 45.0 Å². The topological polar surface area (TPSA) is 47.6 Å². The first kappa shape index (κ1) is 13.2. The number of nitrogens with zero attached hydrogens (tertiary/aromatic N) is 2. The summed E-state index contributed by atoms with van der Waals surface area (Å²) in [4.78, 5) is 16.3. The first-order valence-electron chi connectivity index (χ1n) is 7.44. The molecule has 2 N–H and O–H groups in total. The van der Waals surface area contributed by atoms with Crippen molar-refractivity contribution in [2.75, 3.05) is 49.5 Å². The van der Waals surface area contributed by atoms with E-state index >= 15 is 0 Å². The van der Waals surface area contributed by atoms with Crippen LogP contribution in [0.5, 0.6) is 0 Å². The Morgan fingerprint density at radius 1 is 1.00 bits per heavy atom. The Kier molecular flexibility index (Phi) is 4.06. The van der Waals surface area contributed by atoms with Gasteiger partial charge in [0, 0.05) is 50.6 Å². The van der Waals surface area contributed by atoms with Crippen LogP contribution in [0, 0.1) is 0 Å². The Morgan fingerprint density at radius 3 is 2.30 bits per heavy atom. The van der Waals surface area contributed by atoms with Gasteiger partial charge in [0.15, 0.2) is 0 Å². The molecule has 0 unspecified atom stereocenters. The molecule has 5 heteroatoms. The summed E-state index contributed by atoms with van der Waals surface area (Å²) in [5.74, 6) is 0. The van der Waals surface area contributed by atoms with Gasteiger partial charge in [-0.15, -0.1) is 0 Å². The van der Waals surface area contributed by atoms with Crippen LogP contribution in [0.3, 0.4) is 0 Å². The van der Waals surface area contributed by atoms with Crippen molar-refractivity contribution in [2.45, 2.75) is 12.8 Å². The molecule has 20 heavy (non-hydrogen) atoms. The third-order valence-electron chi connectivity index (χ3n) is 3.99. The van der Waals surface area contributed by atoms with Gasteiger partial charge in [0.05, 0.1) is 0 Å². The van der Waals surface area contributed by atoms with E-state index in [1.54, 1.807) is 0 Å². The number of anilines is 2. The average molecular weight is 274 g/mol. The molecule has 3 rings (SSSR count). The number of carbonyl (C=O) groups excluding carboxylic acids is 1. The maximum Gasteiger partial charge on any atom is 0.321 e. The van der Waals surface area contributed by atoms with Gasteiger partial charge in [-0.25, -0.2) is 4.79 Å². The molecule has 2 heterocycles. The van der Waals surface area contributed by atoms with Crippen molar-refractivity contribution in [2.24, 2.45) is 0 Å². The molecule has 2 amide bonds. The summed E-state index contributed by atoms with van der Waals surface area (Å²) in [6, 6.07) is 8.18. The van der Waals surface area contributed by atoms with Crippen molar-refractivity contribution >= 4 is 17.4 Å². The van der Waals surface area contributed by atoms with E-state index < -0.39 is 0 Å². The molecular formula is C15H22N4O. The smallest absolute Gasteiger partial charge is 0.321 e. The number of nitrogens with one attached hydrogen (secondary N) is 2. The number of benzene rings is 1. The molecule has 0 aromatic heterocycles. The first-order valence-corrected chi connectivity index (χ1v) is 7.44. The summed E-state index contributed by atoms with van der Waals surface area (Å²) in [5.41, 5.74) is 2.12. The van der Waals surface area contributed by atoms with E-state index in [-0.39, 0.29) is 6.03 Å². The zero-order chi connectivity index (χ0) is 13.8. The minimum Gasteiger partial charge on any atom is -0.372 e. The molecule has 2 saturated heterocycles. The number of piperazine rings is 1. The van der Waals surface area contributed by atoms with Crippen LogP contribution in [0.4, 0.5) is 16.2 Å². The van der Waals surface area contributed by atoms with Crippen molar-refractivity contribution in [3.8, 4) is 0 Å². The Labute approximate surface area is 119 Å². The number of hydrogen-bond acceptors (Lipinski definition) is 3. The predicted molar refractivity (Wildman–Crippen MR) is 81.4 cm³/mol. The molecule has 0 aliphatic carbocycles. The summed E-state index contributed by atoms with van der Waals surface area (Å²) in [5, 5.41) is 6.22. The average Bonchev–Trinajstić information content (AvgIpc) is 3.03. The van der Waals surface area contributed by atoms with Crippen LogP contribution in [-0.4, -0.2) is 50.2 Å². The van der Waals surface area contributed by atoms with Gasteiger partial charge in [-0.1, -0.05) is 0 Å². The van der Waals surface area contributed by atoms with Crippen LogP contribution < -0.4 is 15.5 Å². The summed E-state index contributed by atoms with van der Waals surface area (Å²) < 4.78 is 0. The van der Waals surface area contributed by atoms with Crippen LogP contribution in [0.15, 0.2) is 24.3 Å². The van der Waals surface area contributed by atoms with Crippen molar-refractivity contribution < 1.29 is 4.79 Å². The third-order valence-corrected chi connectivity index (χ3v) is 3.99. The molecule has 0 radical (unpaired) electrons. The molecule has 0 bridgehead atoms. The number of amides is 2. The normalized spacial score (nSPS) is 19.2. The lowest BCUT2D eigenvalue weighted by Gasteiger charge is -2.27. The molecule has 1 aromatic carbocycles. The Balaban J connectivity index is 1.58. The van der Waals surface area contributed by atoms with Crippen molar-refractivity contribution in [3.63, 3.8) is 0 Å².